The summed E-state index contributed by atoms with van der Waals surface area (Å²) in [4.78, 5) is 28.9. The molecule has 0 fully saturated rings. The molecule has 0 unspecified atom stereocenters. The fourth-order valence-corrected chi connectivity index (χ4v) is 3.84. The summed E-state index contributed by atoms with van der Waals surface area (Å²) in [7, 11) is 1.51. The quantitative estimate of drug-likeness (QED) is 0.544. The lowest BCUT2D eigenvalue weighted by Gasteiger charge is -2.24. The Kier molecular flexibility index (Phi) is 4.22. The molecule has 28 heavy (non-hydrogen) atoms. The van der Waals surface area contributed by atoms with Gasteiger partial charge in [0, 0.05) is 18.5 Å². The van der Waals surface area contributed by atoms with Gasteiger partial charge in [-0.15, -0.1) is 11.3 Å². The van der Waals surface area contributed by atoms with Crippen LogP contribution in [0.5, 0.6) is 0 Å². The number of nitrogens with zero attached hydrogens (tertiary/aromatic N) is 2. The summed E-state index contributed by atoms with van der Waals surface area (Å²) in [5.41, 5.74) is 0.313. The number of benzene rings is 1. The number of carbonyl (C=O) groups is 1. The Morgan fingerprint density at radius 3 is 2.50 bits per heavy atom. The van der Waals surface area contributed by atoms with Crippen molar-refractivity contribution >= 4 is 38.2 Å². The first-order chi connectivity index (χ1) is 13.3. The number of amides is 1. The molecule has 0 bridgehead atoms. The van der Waals surface area contributed by atoms with Crippen LogP contribution in [0.4, 0.5) is 13.2 Å². The molecular formula is C18H13F3N4O2S. The van der Waals surface area contributed by atoms with Gasteiger partial charge in [0.1, 0.15) is 5.69 Å². The predicted octanol–water partition coefficient (Wildman–Crippen LogP) is 3.72. The number of rotatable bonds is 3. The molecule has 0 saturated carbocycles. The smallest absolute Gasteiger partial charge is 0.272 e. The second-order valence-corrected chi connectivity index (χ2v) is 7.39. The van der Waals surface area contributed by atoms with Gasteiger partial charge in [0.2, 0.25) is 0 Å². The second kappa shape index (κ2) is 6.48. The molecule has 1 amide bonds. The van der Waals surface area contributed by atoms with E-state index in [9.17, 15) is 22.8 Å². The van der Waals surface area contributed by atoms with E-state index in [0.717, 1.165) is 23.5 Å². The Morgan fingerprint density at radius 1 is 1.14 bits per heavy atom. The lowest BCUT2D eigenvalue weighted by atomic mass is 10.1. The average Bonchev–Trinajstić information content (AvgIpc) is 3.19. The largest absolute Gasteiger partial charge is 0.350 e. The van der Waals surface area contributed by atoms with Gasteiger partial charge in [-0.1, -0.05) is 0 Å². The molecular weight excluding hydrogens is 393 g/mol. The van der Waals surface area contributed by atoms with Gasteiger partial charge in [-0.2, -0.15) is 9.49 Å². The van der Waals surface area contributed by atoms with Crippen molar-refractivity contribution < 1.29 is 18.0 Å². The minimum Gasteiger partial charge on any atom is -0.350 e. The maximum atomic E-state index is 13.7. The third-order valence-electron chi connectivity index (χ3n) is 4.66. The van der Waals surface area contributed by atoms with Crippen LogP contribution in [-0.4, -0.2) is 33.0 Å². The standard InChI is InChI=1S/C18H13F3N4O2S/c1-7(16-8-3-10(19)11(20)4-9(8)17(26)24-23-16)25(2)18(27)13-5-14-12(22-13)6-15(21)28-14/h3-7,22H,1-2H3,(H,24,26)/t7-/m1/s1. The molecule has 3 aromatic heterocycles. The van der Waals surface area contributed by atoms with E-state index in [4.69, 9.17) is 0 Å². The Bertz CT molecular complexity index is 1260. The summed E-state index contributed by atoms with van der Waals surface area (Å²) < 4.78 is 41.1. The zero-order valence-electron chi connectivity index (χ0n) is 14.6. The van der Waals surface area contributed by atoms with Gasteiger partial charge in [0.15, 0.2) is 16.8 Å². The first-order valence-electron chi connectivity index (χ1n) is 8.19. The normalized spacial score (nSPS) is 12.6. The summed E-state index contributed by atoms with van der Waals surface area (Å²) in [6, 6.07) is 3.87. The van der Waals surface area contributed by atoms with Crippen molar-refractivity contribution in [1.82, 2.24) is 20.1 Å². The molecule has 10 heteroatoms. The van der Waals surface area contributed by atoms with Crippen LogP contribution >= 0.6 is 11.3 Å². The summed E-state index contributed by atoms with van der Waals surface area (Å²) in [5, 5.41) is 5.88. The zero-order chi connectivity index (χ0) is 20.2. The van der Waals surface area contributed by atoms with E-state index in [1.165, 1.54) is 18.0 Å². The van der Waals surface area contributed by atoms with Crippen molar-refractivity contribution in [2.45, 2.75) is 13.0 Å². The molecule has 4 aromatic rings. The molecule has 0 aliphatic rings. The molecule has 6 nitrogen and oxygen atoms in total. The summed E-state index contributed by atoms with van der Waals surface area (Å²) in [6.45, 7) is 1.64. The fraction of sp³-hybridized carbons (Fsp3) is 0.167. The number of hydrogen-bond donors (Lipinski definition) is 2. The minimum absolute atomic E-state index is 0.0625. The number of aromatic nitrogens is 3. The molecule has 0 saturated heterocycles. The van der Waals surface area contributed by atoms with Crippen molar-refractivity contribution in [2.24, 2.45) is 0 Å². The van der Waals surface area contributed by atoms with Gasteiger partial charge in [0.25, 0.3) is 11.5 Å². The number of nitrogens with one attached hydrogen (secondary N) is 2. The molecule has 1 atom stereocenters. The molecule has 1 aromatic carbocycles. The van der Waals surface area contributed by atoms with Gasteiger partial charge >= 0.3 is 0 Å². The van der Waals surface area contributed by atoms with E-state index in [-0.39, 0.29) is 27.3 Å². The number of halogens is 3. The van der Waals surface area contributed by atoms with Crippen LogP contribution in [0.15, 0.2) is 29.1 Å². The lowest BCUT2D eigenvalue weighted by molar-refractivity contribution is 0.0735. The van der Waals surface area contributed by atoms with Crippen LogP contribution < -0.4 is 5.56 Å². The Morgan fingerprint density at radius 2 is 1.82 bits per heavy atom. The lowest BCUT2D eigenvalue weighted by Crippen LogP contribution is -2.31. The van der Waals surface area contributed by atoms with Crippen LogP contribution in [0, 0.1) is 16.8 Å². The SMILES string of the molecule is C[C@H](c1n[nH]c(=O)c2cc(F)c(F)cc12)N(C)C(=O)c1cc2sc(F)cc2[nH]1. The number of aromatic amines is 2. The number of hydrogen-bond acceptors (Lipinski definition) is 4. The molecule has 0 radical (unpaired) electrons. The molecule has 0 aliphatic carbocycles. The maximum absolute atomic E-state index is 13.7. The van der Waals surface area contributed by atoms with E-state index in [0.29, 0.717) is 10.2 Å². The fourth-order valence-electron chi connectivity index (χ4n) is 3.05. The average molecular weight is 406 g/mol. The molecule has 4 rings (SSSR count). The van der Waals surface area contributed by atoms with E-state index < -0.39 is 29.1 Å². The van der Waals surface area contributed by atoms with Crippen molar-refractivity contribution in [3.63, 3.8) is 0 Å². The highest BCUT2D eigenvalue weighted by atomic mass is 32.1. The highest BCUT2D eigenvalue weighted by Gasteiger charge is 2.25. The van der Waals surface area contributed by atoms with Gasteiger partial charge in [0.05, 0.1) is 27.3 Å². The summed E-state index contributed by atoms with van der Waals surface area (Å²) in [5.74, 6) is -2.67. The first kappa shape index (κ1) is 18.2. The second-order valence-electron chi connectivity index (χ2n) is 6.35. The third kappa shape index (κ3) is 2.85. The Balaban J connectivity index is 1.73. The van der Waals surface area contributed by atoms with Crippen LogP contribution in [0.25, 0.3) is 21.0 Å². The van der Waals surface area contributed by atoms with E-state index >= 15 is 0 Å². The molecule has 0 aliphatic heterocycles. The number of H-pyrrole nitrogens is 2. The topological polar surface area (TPSA) is 81.8 Å². The van der Waals surface area contributed by atoms with Gasteiger partial charge in [-0.25, -0.2) is 13.9 Å². The molecule has 0 spiro atoms. The van der Waals surface area contributed by atoms with Gasteiger partial charge in [-0.05, 0) is 25.1 Å². The number of fused-ring (bicyclic) bond motifs is 2. The molecule has 144 valence electrons. The van der Waals surface area contributed by atoms with Crippen molar-refractivity contribution in [2.75, 3.05) is 7.05 Å². The van der Waals surface area contributed by atoms with Gasteiger partial charge < -0.3 is 9.88 Å². The van der Waals surface area contributed by atoms with E-state index in [1.807, 2.05) is 0 Å². The first-order valence-corrected chi connectivity index (χ1v) is 9.00. The summed E-state index contributed by atoms with van der Waals surface area (Å²) in [6.07, 6.45) is 0. The summed E-state index contributed by atoms with van der Waals surface area (Å²) >= 11 is 0.915. The highest BCUT2D eigenvalue weighted by Crippen LogP contribution is 2.28. The predicted molar refractivity (Wildman–Crippen MR) is 98.9 cm³/mol. The van der Waals surface area contributed by atoms with Crippen LogP contribution in [0.1, 0.15) is 29.1 Å². The van der Waals surface area contributed by atoms with Crippen molar-refractivity contribution in [3.8, 4) is 0 Å². The molecule has 2 N–H and O–H groups in total. The van der Waals surface area contributed by atoms with Crippen LogP contribution in [0.3, 0.4) is 0 Å². The van der Waals surface area contributed by atoms with Gasteiger partial charge in [-0.3, -0.25) is 9.59 Å². The van der Waals surface area contributed by atoms with Crippen molar-refractivity contribution in [1.29, 1.82) is 0 Å². The maximum Gasteiger partial charge on any atom is 0.272 e. The Labute approximate surface area is 159 Å². The van der Waals surface area contributed by atoms with Crippen molar-refractivity contribution in [3.05, 3.63) is 62.8 Å². The van der Waals surface area contributed by atoms with Crippen LogP contribution in [-0.2, 0) is 0 Å². The zero-order valence-corrected chi connectivity index (χ0v) is 15.5. The minimum atomic E-state index is -1.15. The monoisotopic (exact) mass is 406 g/mol. The third-order valence-corrected chi connectivity index (χ3v) is 5.53. The number of thiophene rings is 1. The molecule has 3 heterocycles. The number of carbonyl (C=O) groups excluding carboxylic acids is 1. The highest BCUT2D eigenvalue weighted by molar-refractivity contribution is 7.17. The van der Waals surface area contributed by atoms with E-state index in [1.54, 1.807) is 13.0 Å². The van der Waals surface area contributed by atoms with Crippen LogP contribution in [0.2, 0.25) is 0 Å². The van der Waals surface area contributed by atoms with E-state index in [2.05, 4.69) is 15.2 Å². The Hall–Kier alpha value is -3.14.